The summed E-state index contributed by atoms with van der Waals surface area (Å²) >= 11 is 3.51. The summed E-state index contributed by atoms with van der Waals surface area (Å²) in [5, 5.41) is 1.04. The van der Waals surface area contributed by atoms with Gasteiger partial charge in [-0.3, -0.25) is 9.97 Å². The molecule has 0 atom stereocenters. The number of nitrogens with two attached hydrogens (primary N) is 1. The Morgan fingerprint density at radius 1 is 1.24 bits per heavy atom. The van der Waals surface area contributed by atoms with Crippen molar-refractivity contribution < 1.29 is 0 Å². The number of pyridine rings is 2. The summed E-state index contributed by atoms with van der Waals surface area (Å²) in [6, 6.07) is 10.0. The van der Waals surface area contributed by atoms with Crippen molar-refractivity contribution in [1.29, 1.82) is 0 Å². The summed E-state index contributed by atoms with van der Waals surface area (Å²) in [7, 11) is 2.03. The van der Waals surface area contributed by atoms with Gasteiger partial charge in [-0.15, -0.1) is 0 Å². The highest BCUT2D eigenvalue weighted by Crippen LogP contribution is 2.33. The maximum atomic E-state index is 6.16. The normalized spacial score (nSPS) is 10.8. The van der Waals surface area contributed by atoms with Crippen molar-refractivity contribution >= 4 is 38.2 Å². The van der Waals surface area contributed by atoms with E-state index in [0.29, 0.717) is 5.69 Å². The Morgan fingerprint density at radius 3 is 2.86 bits per heavy atom. The SMILES string of the molecule is CN(Cc1cccnc1)c1c(N)cnc2ccc(Br)cc12. The molecule has 5 heteroatoms. The lowest BCUT2D eigenvalue weighted by Gasteiger charge is -2.22. The van der Waals surface area contributed by atoms with Gasteiger partial charge in [0.05, 0.1) is 23.1 Å². The molecule has 2 aromatic heterocycles. The molecule has 0 fully saturated rings. The quantitative estimate of drug-likeness (QED) is 0.789. The standard InChI is InChI=1S/C16H15BrN4/c1-21(10-11-3-2-6-19-8-11)16-13-7-12(17)4-5-15(13)20-9-14(16)18/h2-9H,10,18H2,1H3. The van der Waals surface area contributed by atoms with Crippen LogP contribution in [0.3, 0.4) is 0 Å². The highest BCUT2D eigenvalue weighted by atomic mass is 79.9. The molecule has 4 nitrogen and oxygen atoms in total. The first-order valence-corrected chi connectivity index (χ1v) is 7.38. The van der Waals surface area contributed by atoms with Crippen LogP contribution in [0.15, 0.2) is 53.4 Å². The van der Waals surface area contributed by atoms with Gasteiger partial charge in [-0.2, -0.15) is 0 Å². The number of nitrogens with zero attached hydrogens (tertiary/aromatic N) is 3. The van der Waals surface area contributed by atoms with Gasteiger partial charge in [0.15, 0.2) is 0 Å². The lowest BCUT2D eigenvalue weighted by atomic mass is 10.1. The molecule has 0 unspecified atom stereocenters. The molecule has 0 radical (unpaired) electrons. The lowest BCUT2D eigenvalue weighted by Crippen LogP contribution is -2.18. The van der Waals surface area contributed by atoms with Crippen LogP contribution < -0.4 is 10.6 Å². The van der Waals surface area contributed by atoms with Crippen LogP contribution >= 0.6 is 15.9 Å². The average molecular weight is 343 g/mol. The molecule has 3 aromatic rings. The Morgan fingerprint density at radius 2 is 2.10 bits per heavy atom. The van der Waals surface area contributed by atoms with Gasteiger partial charge in [0.2, 0.25) is 0 Å². The second kappa shape index (κ2) is 5.69. The second-order valence-corrected chi connectivity index (χ2v) is 5.86. The van der Waals surface area contributed by atoms with E-state index in [1.807, 2.05) is 37.5 Å². The summed E-state index contributed by atoms with van der Waals surface area (Å²) in [6.45, 7) is 0.740. The number of nitrogen functional groups attached to an aromatic ring is 1. The lowest BCUT2D eigenvalue weighted by molar-refractivity contribution is 0.920. The molecule has 3 rings (SSSR count). The van der Waals surface area contributed by atoms with Gasteiger partial charge in [-0.05, 0) is 29.8 Å². The Kier molecular flexibility index (Phi) is 3.75. The van der Waals surface area contributed by atoms with Crippen molar-refractivity contribution in [2.75, 3.05) is 17.7 Å². The third kappa shape index (κ3) is 2.83. The van der Waals surface area contributed by atoms with Crippen LogP contribution in [0.5, 0.6) is 0 Å². The monoisotopic (exact) mass is 342 g/mol. The van der Waals surface area contributed by atoms with E-state index in [4.69, 9.17) is 5.73 Å². The van der Waals surface area contributed by atoms with Crippen molar-refractivity contribution in [3.8, 4) is 0 Å². The van der Waals surface area contributed by atoms with Gasteiger partial charge in [0, 0.05) is 35.8 Å². The van der Waals surface area contributed by atoms with E-state index in [9.17, 15) is 0 Å². The minimum absolute atomic E-state index is 0.673. The van der Waals surface area contributed by atoms with Gasteiger partial charge in [0.25, 0.3) is 0 Å². The molecule has 1 aromatic carbocycles. The predicted octanol–water partition coefficient (Wildman–Crippen LogP) is 3.61. The van der Waals surface area contributed by atoms with Crippen LogP contribution in [0.25, 0.3) is 10.9 Å². The number of hydrogen-bond donors (Lipinski definition) is 1. The molecule has 0 aliphatic rings. The maximum absolute atomic E-state index is 6.16. The van der Waals surface area contributed by atoms with Crippen molar-refractivity contribution in [2.45, 2.75) is 6.54 Å². The van der Waals surface area contributed by atoms with Gasteiger partial charge in [-0.1, -0.05) is 22.0 Å². The first-order valence-electron chi connectivity index (χ1n) is 6.59. The van der Waals surface area contributed by atoms with E-state index in [1.165, 1.54) is 0 Å². The van der Waals surface area contributed by atoms with E-state index in [1.54, 1.807) is 12.4 Å². The molecule has 0 bridgehead atoms. The molecule has 106 valence electrons. The zero-order valence-corrected chi connectivity index (χ0v) is 13.2. The number of aromatic nitrogens is 2. The summed E-state index contributed by atoms with van der Waals surface area (Å²) in [4.78, 5) is 10.7. The molecule has 2 N–H and O–H groups in total. The Balaban J connectivity index is 2.06. The first kappa shape index (κ1) is 13.8. The van der Waals surface area contributed by atoms with Gasteiger partial charge >= 0.3 is 0 Å². The minimum Gasteiger partial charge on any atom is -0.396 e. The number of halogens is 1. The number of anilines is 2. The zero-order valence-electron chi connectivity index (χ0n) is 11.6. The fourth-order valence-electron chi connectivity index (χ4n) is 2.44. The molecular weight excluding hydrogens is 328 g/mol. The Bertz CT molecular complexity index is 769. The third-order valence-electron chi connectivity index (χ3n) is 3.35. The highest BCUT2D eigenvalue weighted by molar-refractivity contribution is 9.10. The number of rotatable bonds is 3. The van der Waals surface area contributed by atoms with Gasteiger partial charge in [-0.25, -0.2) is 0 Å². The number of benzene rings is 1. The smallest absolute Gasteiger partial charge is 0.0745 e. The molecule has 0 aliphatic carbocycles. The minimum atomic E-state index is 0.673. The Labute approximate surface area is 131 Å². The summed E-state index contributed by atoms with van der Waals surface area (Å²) in [5.41, 5.74) is 9.89. The van der Waals surface area contributed by atoms with Crippen LogP contribution in [0, 0.1) is 0 Å². The van der Waals surface area contributed by atoms with E-state index < -0.39 is 0 Å². The van der Waals surface area contributed by atoms with E-state index in [2.05, 4.69) is 36.9 Å². The van der Waals surface area contributed by atoms with Crippen LogP contribution in [0.2, 0.25) is 0 Å². The number of fused-ring (bicyclic) bond motifs is 1. The van der Waals surface area contributed by atoms with E-state index in [0.717, 1.165) is 33.2 Å². The Hall–Kier alpha value is -2.14. The summed E-state index contributed by atoms with van der Waals surface area (Å²) < 4.78 is 1.01. The third-order valence-corrected chi connectivity index (χ3v) is 3.85. The van der Waals surface area contributed by atoms with Crippen LogP contribution in [-0.4, -0.2) is 17.0 Å². The van der Waals surface area contributed by atoms with Gasteiger partial charge < -0.3 is 10.6 Å². The molecule has 0 amide bonds. The molecule has 0 spiro atoms. The topological polar surface area (TPSA) is 55.0 Å². The van der Waals surface area contributed by atoms with Crippen LogP contribution in [0.1, 0.15) is 5.56 Å². The fraction of sp³-hybridized carbons (Fsp3) is 0.125. The van der Waals surface area contributed by atoms with Crippen molar-refractivity contribution in [3.63, 3.8) is 0 Å². The van der Waals surface area contributed by atoms with Crippen molar-refractivity contribution in [3.05, 3.63) is 59.0 Å². The highest BCUT2D eigenvalue weighted by Gasteiger charge is 2.12. The molecule has 0 saturated heterocycles. The summed E-state index contributed by atoms with van der Waals surface area (Å²) in [6.07, 6.45) is 5.36. The summed E-state index contributed by atoms with van der Waals surface area (Å²) in [5.74, 6) is 0. The molecule has 0 aliphatic heterocycles. The largest absolute Gasteiger partial charge is 0.396 e. The van der Waals surface area contributed by atoms with E-state index >= 15 is 0 Å². The van der Waals surface area contributed by atoms with E-state index in [-0.39, 0.29) is 0 Å². The van der Waals surface area contributed by atoms with Crippen LogP contribution in [-0.2, 0) is 6.54 Å². The molecule has 0 saturated carbocycles. The predicted molar refractivity (Wildman–Crippen MR) is 90.2 cm³/mol. The first-order chi connectivity index (χ1) is 10.1. The maximum Gasteiger partial charge on any atom is 0.0745 e. The fourth-order valence-corrected chi connectivity index (χ4v) is 2.80. The molecule has 2 heterocycles. The van der Waals surface area contributed by atoms with Gasteiger partial charge in [0.1, 0.15) is 0 Å². The molecule has 21 heavy (non-hydrogen) atoms. The second-order valence-electron chi connectivity index (χ2n) is 4.94. The molecular formula is C16H15BrN4. The zero-order chi connectivity index (χ0) is 14.8. The number of hydrogen-bond acceptors (Lipinski definition) is 4. The van der Waals surface area contributed by atoms with Crippen molar-refractivity contribution in [1.82, 2.24) is 9.97 Å². The van der Waals surface area contributed by atoms with Crippen LogP contribution in [0.4, 0.5) is 11.4 Å². The average Bonchev–Trinajstić information content (AvgIpc) is 2.47. The van der Waals surface area contributed by atoms with Crippen molar-refractivity contribution in [2.24, 2.45) is 0 Å².